The smallest absolute Gasteiger partial charge is 0.328 e. The fraction of sp³-hybridized carbons (Fsp3) is 0.705. The van der Waals surface area contributed by atoms with E-state index in [2.05, 4.69) is 58.5 Å². The van der Waals surface area contributed by atoms with Crippen LogP contribution in [0.5, 0.6) is 0 Å². The Morgan fingerprint density at radius 3 is 1.62 bits per heavy atom. The Balaban J connectivity index is 1.86. The van der Waals surface area contributed by atoms with Gasteiger partial charge in [-0.25, -0.2) is 22.4 Å². The van der Waals surface area contributed by atoms with Crippen molar-refractivity contribution in [2.75, 3.05) is 20.3 Å². The van der Waals surface area contributed by atoms with E-state index in [9.17, 15) is 85.3 Å². The molecule has 1 aliphatic carbocycles. The van der Waals surface area contributed by atoms with Crippen molar-refractivity contribution in [1.29, 1.82) is 0 Å². The van der Waals surface area contributed by atoms with E-state index in [1.54, 1.807) is 48.6 Å². The highest BCUT2D eigenvalue weighted by Gasteiger charge is 2.62. The van der Waals surface area contributed by atoms with Gasteiger partial charge in [0.2, 0.25) is 77.8 Å². The minimum absolute atomic E-state index is 0.156. The lowest BCUT2D eigenvalue weighted by Gasteiger charge is -2.31. The lowest BCUT2D eigenvalue weighted by atomic mass is 9.94. The number of nitrogens with one attached hydrogen (secondary N) is 11. The molecule has 16 atom stereocenters. The summed E-state index contributed by atoms with van der Waals surface area (Å²) in [6, 6.07) is -6.04. The molecule has 15 N–H and O–H groups in total. The zero-order chi connectivity index (χ0) is 69.2. The molecule has 2 unspecified atom stereocenters. The third kappa shape index (κ3) is 24.2. The molecular formula is C61H96F4N12O15. The van der Waals surface area contributed by atoms with Crippen molar-refractivity contribution in [3.63, 3.8) is 0 Å². The molecule has 2 aliphatic rings. The fourth-order valence-corrected chi connectivity index (χ4v) is 10.3. The van der Waals surface area contributed by atoms with Crippen molar-refractivity contribution >= 4 is 70.9 Å². The van der Waals surface area contributed by atoms with E-state index in [0.717, 1.165) is 5.56 Å². The number of ether oxygens (including phenoxy) is 1. The number of benzene rings is 1. The molecule has 1 aliphatic heterocycles. The van der Waals surface area contributed by atoms with Gasteiger partial charge >= 0.3 is 5.97 Å². The number of halogens is 4. The zero-order valence-electron chi connectivity index (χ0n) is 53.8. The van der Waals surface area contributed by atoms with Gasteiger partial charge in [-0.3, -0.25) is 52.7 Å². The van der Waals surface area contributed by atoms with Gasteiger partial charge in [-0.15, -0.1) is 0 Å². The average molecular weight is 1310 g/mol. The third-order valence-corrected chi connectivity index (χ3v) is 16.9. The molecule has 518 valence electrons. The largest absolute Gasteiger partial charge is 0.458 e. The minimum Gasteiger partial charge on any atom is -0.458 e. The Hall–Kier alpha value is -7.54. The zero-order valence-corrected chi connectivity index (χ0v) is 53.8. The maximum atomic E-state index is 14.4. The molecule has 0 radical (unpaired) electrons. The highest BCUT2D eigenvalue weighted by Crippen LogP contribution is 2.47. The first-order valence-electron chi connectivity index (χ1n) is 31.5. The molecule has 0 bridgehead atoms. The predicted octanol–water partition coefficient (Wildman–Crippen LogP) is -0.330. The van der Waals surface area contributed by atoms with Gasteiger partial charge in [-0.05, 0) is 82.2 Å². The number of aliphatic hydroxyl groups is 2. The first-order valence-corrected chi connectivity index (χ1v) is 31.5. The van der Waals surface area contributed by atoms with E-state index < -0.39 is 212 Å². The van der Waals surface area contributed by atoms with Crippen LogP contribution in [0.4, 0.5) is 17.6 Å². The number of esters is 1. The Morgan fingerprint density at radius 1 is 0.630 bits per heavy atom. The van der Waals surface area contributed by atoms with Gasteiger partial charge in [0.05, 0.1) is 19.3 Å². The second-order valence-corrected chi connectivity index (χ2v) is 24.0. The molecule has 1 saturated carbocycles. The van der Waals surface area contributed by atoms with Crippen molar-refractivity contribution in [2.24, 2.45) is 29.4 Å². The normalized spacial score (nSPS) is 22.6. The second kappa shape index (κ2) is 38.5. The van der Waals surface area contributed by atoms with Crippen molar-refractivity contribution in [3.8, 4) is 0 Å². The van der Waals surface area contributed by atoms with E-state index in [-0.39, 0.29) is 51.4 Å². The molecular weight excluding hydrogens is 1220 g/mol. The number of amides is 11. The van der Waals surface area contributed by atoms with Gasteiger partial charge in [-0.2, -0.15) is 0 Å². The van der Waals surface area contributed by atoms with E-state index in [0.29, 0.717) is 19.3 Å². The number of carbonyl (C=O) groups excluding carboxylic acids is 12. The summed E-state index contributed by atoms with van der Waals surface area (Å²) >= 11 is 0. The van der Waals surface area contributed by atoms with Gasteiger partial charge in [0, 0.05) is 19.3 Å². The van der Waals surface area contributed by atoms with Crippen LogP contribution in [-0.4, -0.2) is 186 Å². The topological polar surface area (TPSA) is 413 Å². The molecule has 11 amide bonds. The SMILES string of the molecule is CC[C@H](C)[C@H](NC(=O)[C@@H](Cc1ccccc1)NC)C(=O)N[C@@H](CO)C(=O)N[C@H](CCC(N)=O)C(=O)N[C@@H](C(=O)N[C@H](C(=O)N[C@@H](CO)C(=O)N[C@H]1C(=O)N[C@@H](C)C(=O)NC2(CC2CC(F)F)C(=O)N[C@@H](CCCCCCC(F)F)C(=O)O[C@H]1C)[C@@H](C)CC)[C@@H](C)CC. The number of hydrogen-bond donors (Lipinski definition) is 14. The number of hydrogen-bond acceptors (Lipinski definition) is 16. The fourth-order valence-electron chi connectivity index (χ4n) is 10.3. The molecule has 0 aromatic heterocycles. The highest BCUT2D eigenvalue weighted by atomic mass is 19.3. The quantitative estimate of drug-likeness (QED) is 0.0230. The van der Waals surface area contributed by atoms with E-state index in [1.165, 1.54) is 13.8 Å². The van der Waals surface area contributed by atoms with Gasteiger partial charge < -0.3 is 79.2 Å². The predicted molar refractivity (Wildman–Crippen MR) is 326 cm³/mol. The summed E-state index contributed by atoms with van der Waals surface area (Å²) in [4.78, 5) is 166. The number of aliphatic hydroxyl groups excluding tert-OH is 2. The van der Waals surface area contributed by atoms with Crippen LogP contribution in [0, 0.1) is 23.7 Å². The summed E-state index contributed by atoms with van der Waals surface area (Å²) in [5.74, 6) is -14.9. The van der Waals surface area contributed by atoms with Crippen LogP contribution < -0.4 is 64.2 Å². The lowest BCUT2D eigenvalue weighted by Crippen LogP contribution is -2.63. The van der Waals surface area contributed by atoms with Crippen molar-refractivity contribution in [3.05, 3.63) is 35.9 Å². The molecule has 1 heterocycles. The van der Waals surface area contributed by atoms with E-state index in [1.807, 2.05) is 30.3 Å². The number of likely N-dealkylation sites (N-methyl/N-ethyl adjacent to an activating group) is 1. The van der Waals surface area contributed by atoms with Crippen molar-refractivity contribution in [2.45, 2.75) is 230 Å². The maximum Gasteiger partial charge on any atom is 0.328 e. The first kappa shape index (κ1) is 78.7. The lowest BCUT2D eigenvalue weighted by molar-refractivity contribution is -0.156. The van der Waals surface area contributed by atoms with Crippen LogP contribution in [0.3, 0.4) is 0 Å². The number of unbranched alkanes of at least 4 members (excludes halogenated alkanes) is 3. The molecule has 1 saturated heterocycles. The number of alkyl halides is 4. The van der Waals surface area contributed by atoms with Crippen molar-refractivity contribution in [1.82, 2.24) is 58.5 Å². The summed E-state index contributed by atoms with van der Waals surface area (Å²) in [6.45, 7) is 10.2. The highest BCUT2D eigenvalue weighted by molar-refractivity contribution is 6.01. The molecule has 1 aromatic carbocycles. The van der Waals surface area contributed by atoms with Gasteiger partial charge in [0.1, 0.15) is 66.0 Å². The monoisotopic (exact) mass is 1310 g/mol. The summed E-state index contributed by atoms with van der Waals surface area (Å²) < 4.78 is 58.5. The standard InChI is InChI=1S/C61H96F4N12O15/c1-10-31(4)46(74-52(83)40(67-9)26-36-20-16-15-17-21-36)55(86)70-41(29-78)53(84)69-38(24-25-45(66)80)51(82)73-48(33(6)12-3)57(88)75-47(32(5)11-2)56(87)71-42(30-79)54(85)76-49-35(8)92-59(90)39(22-18-13-14-19-23-43(62)63)72-60(91)61(28-37(61)27-44(64)65)77-50(81)34(7)68-58(49)89/h15-17,20-21,31-35,37-44,46-49,67,78-79H,10-14,18-19,22-30H2,1-9H3,(H2,66,80)(H,68,89)(H,69,84)(H,70,86)(H,71,87)(H,72,91)(H,73,82)(H,74,83)(H,75,88)(H,76,85)(H,77,81)/t31-,32-,33-,34-,35-,37?,38+,39-,40+,41-,42-,46-,47-,48+,49+,61?/m0/s1. The summed E-state index contributed by atoms with van der Waals surface area (Å²) in [5.41, 5.74) is 4.37. The molecule has 1 spiro atoms. The van der Waals surface area contributed by atoms with Crippen LogP contribution in [-0.2, 0) is 68.7 Å². The molecule has 1 aromatic rings. The Labute approximate surface area is 533 Å². The Bertz CT molecular complexity index is 2670. The maximum absolute atomic E-state index is 14.4. The third-order valence-electron chi connectivity index (χ3n) is 16.9. The minimum atomic E-state index is -2.88. The molecule has 92 heavy (non-hydrogen) atoms. The summed E-state index contributed by atoms with van der Waals surface area (Å²) in [7, 11) is 1.58. The number of cyclic esters (lactones) is 1. The second-order valence-electron chi connectivity index (χ2n) is 24.0. The van der Waals surface area contributed by atoms with Gasteiger partial charge in [-0.1, -0.05) is 110 Å². The molecule has 31 heteroatoms. The van der Waals surface area contributed by atoms with E-state index >= 15 is 0 Å². The number of carbonyl (C=O) groups is 12. The van der Waals surface area contributed by atoms with Crippen LogP contribution in [0.2, 0.25) is 0 Å². The van der Waals surface area contributed by atoms with Crippen LogP contribution in [0.25, 0.3) is 0 Å². The summed E-state index contributed by atoms with van der Waals surface area (Å²) in [5, 5.41) is 48.6. The number of nitrogens with two attached hydrogens (primary N) is 1. The average Bonchev–Trinajstić information content (AvgIpc) is 1.58. The first-order chi connectivity index (χ1) is 43.4. The Kier molecular flexibility index (Phi) is 32.9. The van der Waals surface area contributed by atoms with Crippen molar-refractivity contribution < 1.29 is 90.0 Å². The number of primary amides is 1. The van der Waals surface area contributed by atoms with Gasteiger partial charge in [0.15, 0.2) is 0 Å². The Morgan fingerprint density at radius 2 is 1.12 bits per heavy atom. The van der Waals surface area contributed by atoms with Crippen LogP contribution in [0.1, 0.15) is 144 Å². The molecule has 2 fully saturated rings. The summed E-state index contributed by atoms with van der Waals surface area (Å²) in [6.07, 6.45) is -7.45. The van der Waals surface area contributed by atoms with Gasteiger partial charge in [0.25, 0.3) is 0 Å². The van der Waals surface area contributed by atoms with E-state index in [4.69, 9.17) is 10.5 Å². The number of rotatable bonds is 37. The van der Waals surface area contributed by atoms with Crippen LogP contribution in [0.15, 0.2) is 30.3 Å². The molecule has 3 rings (SSSR count). The van der Waals surface area contributed by atoms with Crippen LogP contribution >= 0.6 is 0 Å². The molecule has 27 nitrogen and oxygen atoms in total.